The Labute approximate surface area is 191 Å². The molecule has 0 N–H and O–H groups in total. The number of sulfonamides is 1. The van der Waals surface area contributed by atoms with Crippen LogP contribution in [-0.2, 0) is 32.6 Å². The Balaban J connectivity index is 1.62. The highest BCUT2D eigenvalue weighted by Gasteiger charge is 2.27. The van der Waals surface area contributed by atoms with Gasteiger partial charge in [0.1, 0.15) is 17.6 Å². The molecule has 0 unspecified atom stereocenters. The van der Waals surface area contributed by atoms with Gasteiger partial charge in [0.05, 0.1) is 34.7 Å². The number of morpholine rings is 1. The highest BCUT2D eigenvalue weighted by molar-refractivity contribution is 7.89. The smallest absolute Gasteiger partial charge is 0.341 e. The Morgan fingerprint density at radius 1 is 1.25 bits per heavy atom. The molecule has 1 aliphatic rings. The summed E-state index contributed by atoms with van der Waals surface area (Å²) >= 11 is 5.97. The molecule has 0 bridgehead atoms. The molecule has 0 saturated carbocycles. The third-order valence-electron chi connectivity index (χ3n) is 5.17. The van der Waals surface area contributed by atoms with Crippen LogP contribution in [0.3, 0.4) is 0 Å². The summed E-state index contributed by atoms with van der Waals surface area (Å²) in [6.07, 6.45) is 2.32. The van der Waals surface area contributed by atoms with Crippen LogP contribution in [0.15, 0.2) is 41.4 Å². The molecule has 1 saturated heterocycles. The van der Waals surface area contributed by atoms with E-state index in [1.54, 1.807) is 24.3 Å². The second-order valence-electron chi connectivity index (χ2n) is 7.26. The molecule has 0 amide bonds. The number of esters is 1. The minimum absolute atomic E-state index is 0.0672. The van der Waals surface area contributed by atoms with Crippen molar-refractivity contribution in [2.45, 2.75) is 31.4 Å². The van der Waals surface area contributed by atoms with Gasteiger partial charge in [-0.05, 0) is 36.8 Å². The number of aryl methyl sites for hydroxylation is 1. The molecule has 0 spiro atoms. The Kier molecular flexibility index (Phi) is 6.75. The Bertz CT molecular complexity index is 1240. The predicted molar refractivity (Wildman–Crippen MR) is 118 cm³/mol. The molecular weight excluding hydrogens is 456 g/mol. The normalized spacial score (nSPS) is 15.2. The highest BCUT2D eigenvalue weighted by Crippen LogP contribution is 2.24. The minimum atomic E-state index is -3.64. The predicted octanol–water partition coefficient (Wildman–Crippen LogP) is 2.87. The molecule has 1 aliphatic heterocycles. The van der Waals surface area contributed by atoms with Crippen molar-refractivity contribution in [1.82, 2.24) is 18.8 Å². The second-order valence-corrected chi connectivity index (χ2v) is 9.56. The number of hydrogen-bond acceptors (Lipinski definition) is 7. The zero-order valence-corrected chi connectivity index (χ0v) is 19.1. The van der Waals surface area contributed by atoms with Gasteiger partial charge in [0.25, 0.3) is 0 Å². The molecule has 0 atom stereocenters. The molecule has 4 rings (SSSR count). The molecule has 0 aliphatic carbocycles. The van der Waals surface area contributed by atoms with Gasteiger partial charge in [-0.1, -0.05) is 18.5 Å². The van der Waals surface area contributed by atoms with Gasteiger partial charge >= 0.3 is 5.97 Å². The standard InChI is InChI=1S/C21H23ClN4O5S/c1-2-8-26-18-6-5-15(32(28,29)25-9-11-30-12-10-25)13-17(18)24-19(26)14-31-21(27)16-4-3-7-23-20(16)22/h3-7,13H,2,8-12,14H2,1H3. The maximum atomic E-state index is 13.0. The van der Waals surface area contributed by atoms with Gasteiger partial charge in [-0.15, -0.1) is 0 Å². The molecule has 3 aromatic rings. The third-order valence-corrected chi connectivity index (χ3v) is 7.36. The second kappa shape index (κ2) is 9.53. The zero-order chi connectivity index (χ0) is 22.7. The number of aromatic nitrogens is 3. The van der Waals surface area contributed by atoms with E-state index < -0.39 is 16.0 Å². The first-order valence-electron chi connectivity index (χ1n) is 10.3. The number of ether oxygens (including phenoxy) is 2. The van der Waals surface area contributed by atoms with Crippen LogP contribution in [0.4, 0.5) is 0 Å². The summed E-state index contributed by atoms with van der Waals surface area (Å²) in [6, 6.07) is 8.04. The Morgan fingerprint density at radius 2 is 2.03 bits per heavy atom. The first-order chi connectivity index (χ1) is 15.4. The van der Waals surface area contributed by atoms with E-state index in [1.807, 2.05) is 11.5 Å². The topological polar surface area (TPSA) is 104 Å². The number of hydrogen-bond donors (Lipinski definition) is 0. The summed E-state index contributed by atoms with van der Waals surface area (Å²) in [6.45, 7) is 3.99. The van der Waals surface area contributed by atoms with Crippen LogP contribution < -0.4 is 0 Å². The molecular formula is C21H23ClN4O5S. The van der Waals surface area contributed by atoms with Crippen molar-refractivity contribution in [3.63, 3.8) is 0 Å². The molecule has 9 nitrogen and oxygen atoms in total. The van der Waals surface area contributed by atoms with Gasteiger partial charge in [-0.25, -0.2) is 23.2 Å². The van der Waals surface area contributed by atoms with E-state index in [0.717, 1.165) is 11.9 Å². The van der Waals surface area contributed by atoms with E-state index in [-0.39, 0.29) is 22.2 Å². The van der Waals surface area contributed by atoms with E-state index in [4.69, 9.17) is 21.1 Å². The summed E-state index contributed by atoms with van der Waals surface area (Å²) in [4.78, 5) is 21.0. The molecule has 1 aromatic carbocycles. The average Bonchev–Trinajstić information content (AvgIpc) is 3.15. The van der Waals surface area contributed by atoms with Crippen LogP contribution in [0.2, 0.25) is 5.15 Å². The van der Waals surface area contributed by atoms with Crippen molar-refractivity contribution in [2.24, 2.45) is 0 Å². The maximum Gasteiger partial charge on any atom is 0.341 e. The SMILES string of the molecule is CCCn1c(COC(=O)c2cccnc2Cl)nc2cc(S(=O)(=O)N3CCOCC3)ccc21. The molecule has 3 heterocycles. The quantitative estimate of drug-likeness (QED) is 0.380. The molecule has 2 aromatic heterocycles. The van der Waals surface area contributed by atoms with Gasteiger partial charge in [0.15, 0.2) is 0 Å². The number of imidazole rings is 1. The van der Waals surface area contributed by atoms with E-state index in [0.29, 0.717) is 44.2 Å². The summed E-state index contributed by atoms with van der Waals surface area (Å²) in [7, 11) is -3.64. The monoisotopic (exact) mass is 478 g/mol. The van der Waals surface area contributed by atoms with Gasteiger partial charge in [-0.3, -0.25) is 0 Å². The summed E-state index contributed by atoms with van der Waals surface area (Å²) in [5.41, 5.74) is 1.47. The van der Waals surface area contributed by atoms with E-state index in [2.05, 4.69) is 9.97 Å². The molecule has 32 heavy (non-hydrogen) atoms. The minimum Gasteiger partial charge on any atom is -0.454 e. The zero-order valence-electron chi connectivity index (χ0n) is 17.5. The van der Waals surface area contributed by atoms with Crippen LogP contribution in [0.25, 0.3) is 11.0 Å². The van der Waals surface area contributed by atoms with Crippen molar-refractivity contribution in [3.8, 4) is 0 Å². The van der Waals surface area contributed by atoms with E-state index >= 15 is 0 Å². The fourth-order valence-corrected chi connectivity index (χ4v) is 5.21. The fourth-order valence-electron chi connectivity index (χ4n) is 3.59. The van der Waals surface area contributed by atoms with Crippen LogP contribution in [0, 0.1) is 0 Å². The summed E-state index contributed by atoms with van der Waals surface area (Å²) < 4.78 is 40.0. The van der Waals surface area contributed by atoms with Crippen molar-refractivity contribution in [3.05, 3.63) is 53.1 Å². The Hall–Kier alpha value is -2.53. The number of nitrogens with zero attached hydrogens (tertiary/aromatic N) is 4. The highest BCUT2D eigenvalue weighted by atomic mass is 35.5. The largest absolute Gasteiger partial charge is 0.454 e. The first kappa shape index (κ1) is 22.7. The van der Waals surface area contributed by atoms with E-state index in [9.17, 15) is 13.2 Å². The number of carbonyl (C=O) groups is 1. The fraction of sp³-hybridized carbons (Fsp3) is 0.381. The summed E-state index contributed by atoms with van der Waals surface area (Å²) in [5, 5.41) is 0.0672. The van der Waals surface area contributed by atoms with Gasteiger partial charge in [0, 0.05) is 25.8 Å². The van der Waals surface area contributed by atoms with Crippen LogP contribution >= 0.6 is 11.6 Å². The molecule has 1 fully saturated rings. The number of carbonyl (C=O) groups excluding carboxylic acids is 1. The van der Waals surface area contributed by atoms with Crippen LogP contribution in [-0.4, -0.2) is 59.5 Å². The Morgan fingerprint density at radius 3 is 2.75 bits per heavy atom. The van der Waals surface area contributed by atoms with Crippen molar-refractivity contribution < 1.29 is 22.7 Å². The number of rotatable bonds is 7. The summed E-state index contributed by atoms with van der Waals surface area (Å²) in [5.74, 6) is -0.0788. The lowest BCUT2D eigenvalue weighted by Crippen LogP contribution is -2.40. The lowest BCUT2D eigenvalue weighted by atomic mass is 10.3. The lowest BCUT2D eigenvalue weighted by molar-refractivity contribution is 0.0458. The third kappa shape index (κ3) is 4.49. The van der Waals surface area contributed by atoms with Crippen LogP contribution in [0.5, 0.6) is 0 Å². The van der Waals surface area contributed by atoms with Gasteiger partial charge in [0.2, 0.25) is 10.0 Å². The average molecular weight is 479 g/mol. The lowest BCUT2D eigenvalue weighted by Gasteiger charge is -2.26. The van der Waals surface area contributed by atoms with Crippen molar-refractivity contribution >= 4 is 38.6 Å². The number of fused-ring (bicyclic) bond motifs is 1. The first-order valence-corrected chi connectivity index (χ1v) is 12.1. The number of pyridine rings is 1. The van der Waals surface area contributed by atoms with Gasteiger partial charge in [-0.2, -0.15) is 4.31 Å². The molecule has 11 heteroatoms. The number of halogens is 1. The number of benzene rings is 1. The van der Waals surface area contributed by atoms with Gasteiger partial charge < -0.3 is 14.0 Å². The van der Waals surface area contributed by atoms with Crippen molar-refractivity contribution in [1.29, 1.82) is 0 Å². The maximum absolute atomic E-state index is 13.0. The van der Waals surface area contributed by atoms with Crippen LogP contribution in [0.1, 0.15) is 29.5 Å². The molecule has 0 radical (unpaired) electrons. The molecule has 170 valence electrons. The van der Waals surface area contributed by atoms with Crippen molar-refractivity contribution in [2.75, 3.05) is 26.3 Å². The van der Waals surface area contributed by atoms with E-state index in [1.165, 1.54) is 16.6 Å².